The van der Waals surface area contributed by atoms with E-state index in [2.05, 4.69) is 15.5 Å². The summed E-state index contributed by atoms with van der Waals surface area (Å²) in [5.74, 6) is -0.294. The molecule has 2 aromatic carbocycles. The number of rotatable bonds is 5. The second-order valence-electron chi connectivity index (χ2n) is 5.16. The minimum Gasteiger partial charge on any atom is -0.258 e. The second kappa shape index (κ2) is 7.18. The van der Waals surface area contributed by atoms with Crippen molar-refractivity contribution in [3.8, 4) is 11.3 Å². The summed E-state index contributed by atoms with van der Waals surface area (Å²) in [4.78, 5) is 14.6. The molecule has 6 nitrogen and oxygen atoms in total. The van der Waals surface area contributed by atoms with Crippen LogP contribution in [-0.4, -0.2) is 15.6 Å². The van der Waals surface area contributed by atoms with Crippen LogP contribution < -0.4 is 5.43 Å². The van der Waals surface area contributed by atoms with Crippen LogP contribution in [0.5, 0.6) is 0 Å². The van der Waals surface area contributed by atoms with E-state index >= 15 is 0 Å². The van der Waals surface area contributed by atoms with Crippen molar-refractivity contribution in [1.82, 2.24) is 4.98 Å². The van der Waals surface area contributed by atoms with Gasteiger partial charge in [-0.1, -0.05) is 12.1 Å². The van der Waals surface area contributed by atoms with E-state index in [9.17, 15) is 14.5 Å². The number of nitro groups is 1. The van der Waals surface area contributed by atoms with E-state index in [-0.39, 0.29) is 11.5 Å². The van der Waals surface area contributed by atoms with Crippen LogP contribution in [0.25, 0.3) is 11.3 Å². The minimum atomic E-state index is -0.440. The monoisotopic (exact) mass is 356 g/mol. The Morgan fingerprint density at radius 3 is 2.52 bits per heavy atom. The van der Waals surface area contributed by atoms with Crippen molar-refractivity contribution < 1.29 is 9.31 Å². The van der Waals surface area contributed by atoms with Gasteiger partial charge in [0.1, 0.15) is 5.82 Å². The molecule has 0 unspecified atom stereocenters. The van der Waals surface area contributed by atoms with E-state index < -0.39 is 4.92 Å². The van der Waals surface area contributed by atoms with Gasteiger partial charge in [-0.05, 0) is 36.8 Å². The van der Waals surface area contributed by atoms with E-state index in [1.807, 2.05) is 12.3 Å². The van der Waals surface area contributed by atoms with Crippen molar-refractivity contribution in [3.63, 3.8) is 0 Å². The van der Waals surface area contributed by atoms with Crippen LogP contribution in [0.1, 0.15) is 12.5 Å². The molecule has 1 N–H and O–H groups in total. The molecular formula is C17H13FN4O2S. The Kier molecular flexibility index (Phi) is 4.80. The van der Waals surface area contributed by atoms with Crippen molar-refractivity contribution >= 4 is 27.9 Å². The number of hydrogen-bond acceptors (Lipinski definition) is 6. The molecule has 0 spiro atoms. The fourth-order valence-electron chi connectivity index (χ4n) is 2.10. The first-order chi connectivity index (χ1) is 12.0. The number of benzene rings is 2. The predicted molar refractivity (Wildman–Crippen MR) is 96.4 cm³/mol. The molecule has 0 aliphatic carbocycles. The highest BCUT2D eigenvalue weighted by Crippen LogP contribution is 2.26. The Bertz CT molecular complexity index is 921. The van der Waals surface area contributed by atoms with Gasteiger partial charge >= 0.3 is 0 Å². The smallest absolute Gasteiger partial charge is 0.258 e. The molecule has 0 aliphatic heterocycles. The van der Waals surface area contributed by atoms with Gasteiger partial charge in [-0.15, -0.1) is 11.3 Å². The van der Waals surface area contributed by atoms with Gasteiger partial charge in [-0.2, -0.15) is 5.10 Å². The lowest BCUT2D eigenvalue weighted by Crippen LogP contribution is -1.99. The topological polar surface area (TPSA) is 80.4 Å². The predicted octanol–water partition coefficient (Wildman–Crippen LogP) is 4.69. The lowest BCUT2D eigenvalue weighted by molar-refractivity contribution is -0.384. The van der Waals surface area contributed by atoms with E-state index in [1.54, 1.807) is 24.3 Å². The Hall–Kier alpha value is -3.13. The lowest BCUT2D eigenvalue weighted by atomic mass is 10.1. The van der Waals surface area contributed by atoms with Crippen LogP contribution in [0.2, 0.25) is 0 Å². The number of nitrogens with one attached hydrogen (secondary N) is 1. The Morgan fingerprint density at radius 1 is 1.20 bits per heavy atom. The number of thiazole rings is 1. The molecule has 0 radical (unpaired) electrons. The van der Waals surface area contributed by atoms with Crippen molar-refractivity contribution in [1.29, 1.82) is 0 Å². The van der Waals surface area contributed by atoms with E-state index in [4.69, 9.17) is 0 Å². The van der Waals surface area contributed by atoms with Crippen molar-refractivity contribution in [3.05, 3.63) is 75.4 Å². The molecule has 0 aliphatic rings. The Balaban J connectivity index is 1.72. The summed E-state index contributed by atoms with van der Waals surface area (Å²) < 4.78 is 12.9. The summed E-state index contributed by atoms with van der Waals surface area (Å²) in [5.41, 5.74) is 5.91. The van der Waals surface area contributed by atoms with Crippen molar-refractivity contribution in [2.24, 2.45) is 5.10 Å². The second-order valence-corrected chi connectivity index (χ2v) is 6.02. The summed E-state index contributed by atoms with van der Waals surface area (Å²) >= 11 is 1.37. The van der Waals surface area contributed by atoms with Gasteiger partial charge in [0.15, 0.2) is 0 Å². The molecule has 0 saturated heterocycles. The van der Waals surface area contributed by atoms with Gasteiger partial charge in [0.2, 0.25) is 5.13 Å². The molecule has 3 aromatic rings. The number of hydrazone groups is 1. The first-order valence-electron chi connectivity index (χ1n) is 7.29. The number of non-ortho nitro benzene ring substituents is 1. The van der Waals surface area contributed by atoms with Gasteiger partial charge in [0.25, 0.3) is 5.69 Å². The molecule has 0 saturated carbocycles. The van der Waals surface area contributed by atoms with E-state index in [1.165, 1.54) is 35.6 Å². The minimum absolute atomic E-state index is 0.0388. The molecule has 3 rings (SSSR count). The quantitative estimate of drug-likeness (QED) is 0.408. The van der Waals surface area contributed by atoms with Gasteiger partial charge in [0, 0.05) is 23.1 Å². The standard InChI is InChI=1S/C17H13FN4O2S/c1-11(12-2-6-14(18)7-3-12)20-21-17-19-16(10-25-17)13-4-8-15(9-5-13)22(23)24/h2-10H,1H3,(H,19,21)/b20-11-. The SMILES string of the molecule is C/C(=N/Nc1nc(-c2ccc([N+](=O)[O-])cc2)cs1)c1ccc(F)cc1. The van der Waals surface area contributed by atoms with Gasteiger partial charge in [0.05, 0.1) is 16.3 Å². The fraction of sp³-hybridized carbons (Fsp3) is 0.0588. The molecule has 1 heterocycles. The Labute approximate surface area is 146 Å². The van der Waals surface area contributed by atoms with Crippen LogP contribution in [0.3, 0.4) is 0 Å². The number of hydrogen-bond donors (Lipinski definition) is 1. The maximum Gasteiger partial charge on any atom is 0.269 e. The number of nitrogens with zero attached hydrogens (tertiary/aromatic N) is 3. The summed E-state index contributed by atoms with van der Waals surface area (Å²) in [5, 5.41) is 17.4. The molecule has 126 valence electrons. The average molecular weight is 356 g/mol. The Morgan fingerprint density at radius 2 is 1.88 bits per heavy atom. The van der Waals surface area contributed by atoms with E-state index in [0.29, 0.717) is 16.5 Å². The van der Waals surface area contributed by atoms with Crippen LogP contribution in [0.4, 0.5) is 15.2 Å². The lowest BCUT2D eigenvalue weighted by Gasteiger charge is -2.01. The third kappa shape index (κ3) is 4.04. The van der Waals surface area contributed by atoms with Crippen LogP contribution in [0, 0.1) is 15.9 Å². The molecule has 0 bridgehead atoms. The number of aromatic nitrogens is 1. The summed E-state index contributed by atoms with van der Waals surface area (Å²) in [7, 11) is 0. The normalized spacial score (nSPS) is 11.4. The highest BCUT2D eigenvalue weighted by Gasteiger charge is 2.08. The molecule has 0 amide bonds. The zero-order valence-corrected chi connectivity index (χ0v) is 14.0. The maximum atomic E-state index is 12.9. The van der Waals surface area contributed by atoms with Crippen molar-refractivity contribution in [2.75, 3.05) is 5.43 Å². The van der Waals surface area contributed by atoms with Gasteiger partial charge < -0.3 is 0 Å². The van der Waals surface area contributed by atoms with Crippen LogP contribution in [-0.2, 0) is 0 Å². The van der Waals surface area contributed by atoms with Crippen molar-refractivity contribution in [2.45, 2.75) is 6.92 Å². The van der Waals surface area contributed by atoms with Gasteiger partial charge in [-0.25, -0.2) is 9.37 Å². The third-order valence-electron chi connectivity index (χ3n) is 3.46. The number of halogens is 1. The summed E-state index contributed by atoms with van der Waals surface area (Å²) in [6, 6.07) is 12.3. The molecule has 1 aromatic heterocycles. The maximum absolute atomic E-state index is 12.9. The first-order valence-corrected chi connectivity index (χ1v) is 8.17. The highest BCUT2D eigenvalue weighted by molar-refractivity contribution is 7.14. The largest absolute Gasteiger partial charge is 0.269 e. The average Bonchev–Trinajstić information content (AvgIpc) is 3.09. The van der Waals surface area contributed by atoms with Crippen LogP contribution >= 0.6 is 11.3 Å². The van der Waals surface area contributed by atoms with Crippen LogP contribution in [0.15, 0.2) is 59.0 Å². The molecule has 25 heavy (non-hydrogen) atoms. The zero-order chi connectivity index (χ0) is 17.8. The number of nitro benzene ring substituents is 1. The zero-order valence-electron chi connectivity index (χ0n) is 13.1. The van der Waals surface area contributed by atoms with E-state index in [0.717, 1.165) is 11.1 Å². The summed E-state index contributed by atoms with van der Waals surface area (Å²) in [6.07, 6.45) is 0. The summed E-state index contributed by atoms with van der Waals surface area (Å²) in [6.45, 7) is 1.81. The van der Waals surface area contributed by atoms with Gasteiger partial charge in [-0.3, -0.25) is 15.5 Å². The molecule has 0 fully saturated rings. The highest BCUT2D eigenvalue weighted by atomic mass is 32.1. The third-order valence-corrected chi connectivity index (χ3v) is 4.21. The fourth-order valence-corrected chi connectivity index (χ4v) is 2.76. The number of anilines is 1. The first kappa shape index (κ1) is 16.7. The molecule has 0 atom stereocenters. The molecular weight excluding hydrogens is 343 g/mol. The molecule has 8 heteroatoms.